The molecule has 0 unspecified atom stereocenters. The molecule has 0 aromatic heterocycles. The van der Waals surface area contributed by atoms with E-state index in [0.29, 0.717) is 32.4 Å². The number of halogens is 2. The number of methoxy groups -OCH3 is 1. The minimum Gasteiger partial charge on any atom is -0.497 e. The molecule has 1 spiro atoms. The van der Waals surface area contributed by atoms with E-state index in [2.05, 4.69) is 5.16 Å². The number of piperidine rings is 1. The highest BCUT2D eigenvalue weighted by molar-refractivity contribution is 6.01. The van der Waals surface area contributed by atoms with Gasteiger partial charge in [-0.25, -0.2) is 8.78 Å². The second kappa shape index (κ2) is 7.21. The van der Waals surface area contributed by atoms with Gasteiger partial charge in [-0.05, 0) is 36.8 Å². The minimum absolute atomic E-state index is 0.120. The molecule has 3 rings (SSSR count). The molecule has 1 aromatic rings. The first-order chi connectivity index (χ1) is 12.3. The third-order valence-electron chi connectivity index (χ3n) is 5.07. The lowest BCUT2D eigenvalue weighted by Gasteiger charge is -2.37. The first-order valence-corrected chi connectivity index (χ1v) is 8.85. The van der Waals surface area contributed by atoms with Crippen LogP contribution in [0.5, 0.6) is 5.75 Å². The summed E-state index contributed by atoms with van der Waals surface area (Å²) in [5, 5.41) is 4.25. The van der Waals surface area contributed by atoms with E-state index in [-0.39, 0.29) is 17.9 Å². The molecule has 1 fully saturated rings. The van der Waals surface area contributed by atoms with Crippen molar-refractivity contribution in [2.24, 2.45) is 5.16 Å². The number of benzene rings is 1. The van der Waals surface area contributed by atoms with Gasteiger partial charge >= 0.3 is 0 Å². The van der Waals surface area contributed by atoms with Gasteiger partial charge in [-0.2, -0.15) is 0 Å². The molecule has 0 atom stereocenters. The van der Waals surface area contributed by atoms with Crippen molar-refractivity contribution in [3.63, 3.8) is 0 Å². The van der Waals surface area contributed by atoms with Crippen molar-refractivity contribution in [3.8, 4) is 5.75 Å². The number of alkyl halides is 2. The lowest BCUT2D eigenvalue weighted by atomic mass is 9.85. The van der Waals surface area contributed by atoms with Gasteiger partial charge in [0.25, 0.3) is 0 Å². The second-order valence-electron chi connectivity index (χ2n) is 7.17. The van der Waals surface area contributed by atoms with Gasteiger partial charge < -0.3 is 14.5 Å². The molecule has 0 radical (unpaired) electrons. The van der Waals surface area contributed by atoms with Crippen LogP contribution >= 0.6 is 0 Å². The Kier molecular flexibility index (Phi) is 5.16. The number of rotatable bonds is 5. The van der Waals surface area contributed by atoms with Crippen LogP contribution in [-0.4, -0.2) is 48.2 Å². The maximum atomic E-state index is 12.9. The normalized spacial score (nSPS) is 19.2. The highest BCUT2D eigenvalue weighted by Crippen LogP contribution is 2.36. The van der Waals surface area contributed by atoms with E-state index in [1.54, 1.807) is 12.0 Å². The number of amides is 1. The number of likely N-dealkylation sites (tertiary alicyclic amines) is 1. The lowest BCUT2D eigenvalue weighted by Crippen LogP contribution is -2.47. The Morgan fingerprint density at radius 3 is 2.54 bits per heavy atom. The van der Waals surface area contributed by atoms with Gasteiger partial charge in [-0.3, -0.25) is 4.79 Å². The first kappa shape index (κ1) is 18.6. The van der Waals surface area contributed by atoms with Crippen LogP contribution in [0.15, 0.2) is 29.4 Å². The molecule has 0 N–H and O–H groups in total. The molecule has 2 aliphatic rings. The van der Waals surface area contributed by atoms with Gasteiger partial charge in [0, 0.05) is 45.2 Å². The van der Waals surface area contributed by atoms with Crippen molar-refractivity contribution < 1.29 is 23.1 Å². The van der Waals surface area contributed by atoms with E-state index >= 15 is 0 Å². The maximum absolute atomic E-state index is 12.9. The van der Waals surface area contributed by atoms with Crippen LogP contribution in [0, 0.1) is 0 Å². The maximum Gasteiger partial charge on any atom is 0.245 e. The van der Waals surface area contributed by atoms with Crippen LogP contribution in [0.4, 0.5) is 8.78 Å². The van der Waals surface area contributed by atoms with Gasteiger partial charge in [-0.1, -0.05) is 5.16 Å². The molecule has 1 aromatic carbocycles. The van der Waals surface area contributed by atoms with Gasteiger partial charge in [0.15, 0.2) is 0 Å². The predicted octanol–water partition coefficient (Wildman–Crippen LogP) is 3.62. The average molecular weight is 366 g/mol. The summed E-state index contributed by atoms with van der Waals surface area (Å²) < 4.78 is 31.0. The molecule has 0 aliphatic carbocycles. The SMILES string of the molecule is COc1ccc(C2=NOC3(CCN(C(=O)CCC(C)(F)F)CC3)C2)cc1. The monoisotopic (exact) mass is 366 g/mol. The minimum atomic E-state index is -2.80. The van der Waals surface area contributed by atoms with E-state index in [1.165, 1.54) is 0 Å². The number of ether oxygens (including phenoxy) is 1. The molecule has 2 heterocycles. The van der Waals surface area contributed by atoms with Crippen LogP contribution in [0.3, 0.4) is 0 Å². The topological polar surface area (TPSA) is 51.1 Å². The first-order valence-electron chi connectivity index (χ1n) is 8.85. The summed E-state index contributed by atoms with van der Waals surface area (Å²) in [7, 11) is 1.62. The third-order valence-corrected chi connectivity index (χ3v) is 5.07. The van der Waals surface area contributed by atoms with Crippen molar-refractivity contribution in [3.05, 3.63) is 29.8 Å². The summed E-state index contributed by atoms with van der Waals surface area (Å²) >= 11 is 0. The fourth-order valence-electron chi connectivity index (χ4n) is 3.38. The Morgan fingerprint density at radius 1 is 1.31 bits per heavy atom. The molecule has 0 bridgehead atoms. The van der Waals surface area contributed by atoms with Crippen molar-refractivity contribution >= 4 is 11.6 Å². The summed E-state index contributed by atoms with van der Waals surface area (Å²) in [6.45, 7) is 1.87. The molecule has 142 valence electrons. The number of hydrogen-bond donors (Lipinski definition) is 0. The number of hydrogen-bond acceptors (Lipinski definition) is 4. The molecule has 1 saturated heterocycles. The van der Waals surface area contributed by atoms with Gasteiger partial charge in [0.2, 0.25) is 11.8 Å². The Labute approximate surface area is 151 Å². The zero-order valence-corrected chi connectivity index (χ0v) is 15.1. The third kappa shape index (κ3) is 4.31. The van der Waals surface area contributed by atoms with E-state index in [9.17, 15) is 13.6 Å². The molecule has 26 heavy (non-hydrogen) atoms. The molecular formula is C19H24F2N2O3. The van der Waals surface area contributed by atoms with Crippen molar-refractivity contribution in [1.82, 2.24) is 4.90 Å². The highest BCUT2D eigenvalue weighted by atomic mass is 19.3. The van der Waals surface area contributed by atoms with Crippen LogP contribution in [0.25, 0.3) is 0 Å². The molecule has 0 saturated carbocycles. The summed E-state index contributed by atoms with van der Waals surface area (Å²) in [5.41, 5.74) is 1.49. The summed E-state index contributed by atoms with van der Waals surface area (Å²) in [6, 6.07) is 7.66. The van der Waals surface area contributed by atoms with Gasteiger partial charge in [-0.15, -0.1) is 0 Å². The molecule has 7 heteroatoms. The zero-order chi connectivity index (χ0) is 18.8. The quantitative estimate of drug-likeness (QED) is 0.800. The van der Waals surface area contributed by atoms with Crippen LogP contribution in [0.1, 0.15) is 44.6 Å². The Bertz CT molecular complexity index is 675. The molecular weight excluding hydrogens is 342 g/mol. The standard InChI is InChI=1S/C19H24F2N2O3/c1-18(20,21)8-7-17(24)23-11-9-19(10-12-23)13-16(22-26-19)14-3-5-15(25-2)6-4-14/h3-6H,7-13H2,1-2H3. The Balaban J connectivity index is 1.53. The summed E-state index contributed by atoms with van der Waals surface area (Å²) in [5.74, 6) is -2.23. The van der Waals surface area contributed by atoms with E-state index in [0.717, 1.165) is 23.9 Å². The predicted molar refractivity (Wildman–Crippen MR) is 93.6 cm³/mol. The zero-order valence-electron chi connectivity index (χ0n) is 15.1. The van der Waals surface area contributed by atoms with Crippen LogP contribution in [0.2, 0.25) is 0 Å². The van der Waals surface area contributed by atoms with Gasteiger partial charge in [0.1, 0.15) is 11.4 Å². The second-order valence-corrected chi connectivity index (χ2v) is 7.17. The molecule has 2 aliphatic heterocycles. The fraction of sp³-hybridized carbons (Fsp3) is 0.579. The van der Waals surface area contributed by atoms with Crippen molar-refractivity contribution in [2.45, 2.75) is 50.6 Å². The van der Waals surface area contributed by atoms with E-state index in [1.807, 2.05) is 24.3 Å². The smallest absolute Gasteiger partial charge is 0.245 e. The highest BCUT2D eigenvalue weighted by Gasteiger charge is 2.43. The fourth-order valence-corrected chi connectivity index (χ4v) is 3.38. The van der Waals surface area contributed by atoms with Crippen LogP contribution < -0.4 is 4.74 Å². The number of carbonyl (C=O) groups excluding carboxylic acids is 1. The van der Waals surface area contributed by atoms with E-state index < -0.39 is 12.3 Å². The van der Waals surface area contributed by atoms with Gasteiger partial charge in [0.05, 0.1) is 12.8 Å². The Morgan fingerprint density at radius 2 is 1.96 bits per heavy atom. The van der Waals surface area contributed by atoms with E-state index in [4.69, 9.17) is 9.57 Å². The largest absolute Gasteiger partial charge is 0.497 e. The lowest BCUT2D eigenvalue weighted by molar-refractivity contribution is -0.138. The number of oxime groups is 1. The Hall–Kier alpha value is -2.18. The van der Waals surface area contributed by atoms with Crippen LogP contribution in [-0.2, 0) is 9.63 Å². The summed E-state index contributed by atoms with van der Waals surface area (Å²) in [4.78, 5) is 19.5. The summed E-state index contributed by atoms with van der Waals surface area (Å²) in [6.07, 6.45) is 1.48. The molecule has 1 amide bonds. The molecule has 5 nitrogen and oxygen atoms in total. The average Bonchev–Trinajstić information content (AvgIpc) is 3.03. The number of nitrogens with zero attached hydrogens (tertiary/aromatic N) is 2. The number of carbonyl (C=O) groups is 1. The van der Waals surface area contributed by atoms with Crippen molar-refractivity contribution in [1.29, 1.82) is 0 Å². The van der Waals surface area contributed by atoms with Crippen molar-refractivity contribution in [2.75, 3.05) is 20.2 Å².